The molecule has 0 aliphatic carbocycles. The number of anilines is 1. The first-order valence-electron chi connectivity index (χ1n) is 15.1. The van der Waals surface area contributed by atoms with Crippen molar-refractivity contribution in [2.45, 2.75) is 97.7 Å². The van der Waals surface area contributed by atoms with Crippen LogP contribution in [0.25, 0.3) is 0 Å². The Kier molecular flexibility index (Phi) is 9.82. The Bertz CT molecular complexity index is 1140. The van der Waals surface area contributed by atoms with E-state index < -0.39 is 0 Å². The number of benzene rings is 1. The van der Waals surface area contributed by atoms with Crippen molar-refractivity contribution in [3.63, 3.8) is 0 Å². The van der Waals surface area contributed by atoms with Crippen LogP contribution in [0.5, 0.6) is 0 Å². The second-order valence-electron chi connectivity index (χ2n) is 12.6. The molecule has 8 heteroatoms. The lowest BCUT2D eigenvalue weighted by Gasteiger charge is -2.41. The van der Waals surface area contributed by atoms with Crippen LogP contribution in [0.4, 0.5) is 5.82 Å². The zero-order valence-corrected chi connectivity index (χ0v) is 25.3. The fourth-order valence-corrected chi connectivity index (χ4v) is 5.73. The van der Waals surface area contributed by atoms with Gasteiger partial charge in [0, 0.05) is 43.2 Å². The normalized spacial score (nSPS) is 18.4. The van der Waals surface area contributed by atoms with E-state index in [-0.39, 0.29) is 29.2 Å². The van der Waals surface area contributed by atoms with Crippen LogP contribution in [0.3, 0.4) is 0 Å². The van der Waals surface area contributed by atoms with Gasteiger partial charge < -0.3 is 20.4 Å². The van der Waals surface area contributed by atoms with Gasteiger partial charge >= 0.3 is 0 Å². The number of carbonyl (C=O) groups is 2. The van der Waals surface area contributed by atoms with E-state index in [2.05, 4.69) is 84.4 Å². The van der Waals surface area contributed by atoms with Crippen molar-refractivity contribution in [2.24, 2.45) is 5.92 Å². The van der Waals surface area contributed by atoms with Gasteiger partial charge in [-0.25, -0.2) is 9.97 Å². The summed E-state index contributed by atoms with van der Waals surface area (Å²) < 4.78 is 0. The van der Waals surface area contributed by atoms with Crippen LogP contribution >= 0.6 is 0 Å². The summed E-state index contributed by atoms with van der Waals surface area (Å²) in [7, 11) is 0. The van der Waals surface area contributed by atoms with Gasteiger partial charge in [-0.15, -0.1) is 0 Å². The van der Waals surface area contributed by atoms with Crippen molar-refractivity contribution in [3.8, 4) is 0 Å². The first kappa shape index (κ1) is 30.0. The van der Waals surface area contributed by atoms with E-state index in [4.69, 9.17) is 0 Å². The fourth-order valence-electron chi connectivity index (χ4n) is 5.73. The molecule has 4 rings (SSSR count). The van der Waals surface area contributed by atoms with Crippen LogP contribution in [-0.4, -0.2) is 69.8 Å². The number of hydrogen-bond donors (Lipinski definition) is 2. The highest BCUT2D eigenvalue weighted by Gasteiger charge is 2.32. The average molecular weight is 549 g/mol. The minimum atomic E-state index is -0.0173. The van der Waals surface area contributed by atoms with Crippen molar-refractivity contribution in [3.05, 3.63) is 53.0 Å². The highest BCUT2D eigenvalue weighted by atomic mass is 16.2. The first-order valence-corrected chi connectivity index (χ1v) is 15.1. The number of piperidine rings is 2. The molecular weight excluding hydrogens is 500 g/mol. The summed E-state index contributed by atoms with van der Waals surface area (Å²) in [5.74, 6) is 1.02. The van der Waals surface area contributed by atoms with E-state index in [1.54, 1.807) is 0 Å². The van der Waals surface area contributed by atoms with Crippen LogP contribution in [-0.2, 0) is 16.8 Å². The highest BCUT2D eigenvalue weighted by Crippen LogP contribution is 2.26. The number of aromatic nitrogens is 2. The van der Waals surface area contributed by atoms with Gasteiger partial charge in [0.1, 0.15) is 17.8 Å². The van der Waals surface area contributed by atoms with Crippen LogP contribution in [0.15, 0.2) is 30.6 Å². The number of rotatable bonds is 8. The van der Waals surface area contributed by atoms with Gasteiger partial charge in [0.25, 0.3) is 5.91 Å². The molecule has 2 N–H and O–H groups in total. The standard InChI is InChI=1S/C32H48N6O2/c1-7-22(2)36-30(39)25-12-16-37(17-13-25)27-14-18-38(19-15-27)31(40)28-23(3)29(35-21-34-28)33-20-24-8-10-26(11-9-24)32(4,5)6/h8-11,21-22,25,27H,7,12-20H2,1-6H3,(H,36,39)(H,33,34,35). The first-order chi connectivity index (χ1) is 19.1. The highest BCUT2D eigenvalue weighted by molar-refractivity contribution is 5.94. The molecular formula is C32H48N6O2. The Hall–Kier alpha value is -3.00. The van der Waals surface area contributed by atoms with Gasteiger partial charge in [0.2, 0.25) is 5.91 Å². The molecule has 0 bridgehead atoms. The quantitative estimate of drug-likeness (QED) is 0.486. The molecule has 2 aliphatic heterocycles. The lowest BCUT2D eigenvalue weighted by Crippen LogP contribution is -2.50. The number of likely N-dealkylation sites (tertiary alicyclic amines) is 2. The molecule has 218 valence electrons. The van der Waals surface area contributed by atoms with Gasteiger partial charge in [-0.3, -0.25) is 9.59 Å². The Balaban J connectivity index is 1.27. The predicted molar refractivity (Wildman–Crippen MR) is 160 cm³/mol. The van der Waals surface area contributed by atoms with Crippen LogP contribution in [0.1, 0.15) is 93.9 Å². The monoisotopic (exact) mass is 548 g/mol. The third kappa shape index (κ3) is 7.39. The van der Waals surface area contributed by atoms with Crippen molar-refractivity contribution in [1.82, 2.24) is 25.1 Å². The van der Waals surface area contributed by atoms with Gasteiger partial charge in [0.05, 0.1) is 0 Å². The van der Waals surface area contributed by atoms with Gasteiger partial charge in [0.15, 0.2) is 0 Å². The number of carbonyl (C=O) groups excluding carboxylic acids is 2. The number of hydrogen-bond acceptors (Lipinski definition) is 6. The Morgan fingerprint density at radius 3 is 2.25 bits per heavy atom. The molecule has 1 aromatic carbocycles. The maximum atomic E-state index is 13.4. The Labute approximate surface area is 240 Å². The number of nitrogens with zero attached hydrogens (tertiary/aromatic N) is 4. The minimum absolute atomic E-state index is 0.0173. The van der Waals surface area contributed by atoms with Crippen molar-refractivity contribution >= 4 is 17.6 Å². The molecule has 2 saturated heterocycles. The Morgan fingerprint density at radius 1 is 1.00 bits per heavy atom. The minimum Gasteiger partial charge on any atom is -0.366 e. The van der Waals surface area contributed by atoms with Crippen LogP contribution < -0.4 is 10.6 Å². The van der Waals surface area contributed by atoms with E-state index in [0.29, 0.717) is 24.1 Å². The molecule has 2 aliphatic rings. The predicted octanol–water partition coefficient (Wildman–Crippen LogP) is 4.93. The molecule has 8 nitrogen and oxygen atoms in total. The molecule has 1 unspecified atom stereocenters. The zero-order valence-electron chi connectivity index (χ0n) is 25.3. The summed E-state index contributed by atoms with van der Waals surface area (Å²) in [5, 5.41) is 6.55. The topological polar surface area (TPSA) is 90.5 Å². The third-order valence-corrected chi connectivity index (χ3v) is 8.74. The molecule has 0 radical (unpaired) electrons. The summed E-state index contributed by atoms with van der Waals surface area (Å²) in [4.78, 5) is 39.2. The molecule has 2 fully saturated rings. The molecule has 0 spiro atoms. The SMILES string of the molecule is CCC(C)NC(=O)C1CCN(C2CCN(C(=O)c3ncnc(NCc4ccc(C(C)(C)C)cc4)c3C)CC2)CC1. The van der Waals surface area contributed by atoms with Crippen molar-refractivity contribution < 1.29 is 9.59 Å². The van der Waals surface area contributed by atoms with Crippen molar-refractivity contribution in [1.29, 1.82) is 0 Å². The average Bonchev–Trinajstić information content (AvgIpc) is 2.96. The summed E-state index contributed by atoms with van der Waals surface area (Å²) in [6, 6.07) is 9.35. The fraction of sp³-hybridized carbons (Fsp3) is 0.625. The maximum absolute atomic E-state index is 13.4. The number of amides is 2. The summed E-state index contributed by atoms with van der Waals surface area (Å²) in [5.41, 5.74) is 3.87. The lowest BCUT2D eigenvalue weighted by molar-refractivity contribution is -0.127. The third-order valence-electron chi connectivity index (χ3n) is 8.74. The van der Waals surface area contributed by atoms with E-state index in [9.17, 15) is 9.59 Å². The largest absolute Gasteiger partial charge is 0.366 e. The Morgan fingerprint density at radius 2 is 1.65 bits per heavy atom. The van der Waals surface area contributed by atoms with Gasteiger partial charge in [-0.05, 0) is 75.6 Å². The van der Waals surface area contributed by atoms with Crippen molar-refractivity contribution in [2.75, 3.05) is 31.5 Å². The van der Waals surface area contributed by atoms with Gasteiger partial charge in [-0.2, -0.15) is 0 Å². The summed E-state index contributed by atoms with van der Waals surface area (Å²) in [6.45, 7) is 16.7. The molecule has 2 aromatic rings. The summed E-state index contributed by atoms with van der Waals surface area (Å²) >= 11 is 0. The molecule has 40 heavy (non-hydrogen) atoms. The van der Waals surface area contributed by atoms with E-state index in [1.807, 2.05) is 11.8 Å². The molecule has 1 aromatic heterocycles. The van der Waals surface area contributed by atoms with Gasteiger partial charge in [-0.1, -0.05) is 52.0 Å². The van der Waals surface area contributed by atoms with E-state index >= 15 is 0 Å². The van der Waals surface area contributed by atoms with E-state index in [0.717, 1.165) is 63.8 Å². The maximum Gasteiger partial charge on any atom is 0.272 e. The number of nitrogens with one attached hydrogen (secondary N) is 2. The smallest absolute Gasteiger partial charge is 0.272 e. The van der Waals surface area contributed by atoms with Crippen LogP contribution in [0, 0.1) is 12.8 Å². The zero-order chi connectivity index (χ0) is 28.9. The second-order valence-corrected chi connectivity index (χ2v) is 12.6. The molecule has 3 heterocycles. The molecule has 2 amide bonds. The molecule has 1 atom stereocenters. The second kappa shape index (κ2) is 13.1. The lowest BCUT2D eigenvalue weighted by atomic mass is 9.87. The summed E-state index contributed by atoms with van der Waals surface area (Å²) in [6.07, 6.45) is 6.18. The molecule has 0 saturated carbocycles. The van der Waals surface area contributed by atoms with E-state index in [1.165, 1.54) is 17.5 Å². The van der Waals surface area contributed by atoms with Crippen LogP contribution in [0.2, 0.25) is 0 Å².